The molecule has 0 saturated heterocycles. The van der Waals surface area contributed by atoms with Gasteiger partial charge in [-0.05, 0) is 18.2 Å². The van der Waals surface area contributed by atoms with Crippen LogP contribution in [0.25, 0.3) is 0 Å². The zero-order valence-electron chi connectivity index (χ0n) is 12.8. The molecular weight excluding hydrogens is 320 g/mol. The second kappa shape index (κ2) is 7.75. The molecule has 1 heterocycles. The number of nitrogens with zero attached hydrogens (tertiary/aromatic N) is 2. The maximum atomic E-state index is 12.2. The van der Waals surface area contributed by atoms with Crippen LogP contribution in [0, 0.1) is 0 Å². The fourth-order valence-electron chi connectivity index (χ4n) is 1.90. The number of anilines is 1. The van der Waals surface area contributed by atoms with E-state index in [0.717, 1.165) is 0 Å². The molecule has 0 aliphatic heterocycles. The van der Waals surface area contributed by atoms with Crippen LogP contribution in [-0.2, 0) is 11.3 Å². The van der Waals surface area contributed by atoms with Crippen LogP contribution in [0.3, 0.4) is 0 Å². The van der Waals surface area contributed by atoms with Gasteiger partial charge < -0.3 is 15.4 Å². The molecule has 7 nitrogen and oxygen atoms in total. The Morgan fingerprint density at radius 1 is 1.35 bits per heavy atom. The molecule has 8 heteroatoms. The maximum absolute atomic E-state index is 12.2. The van der Waals surface area contributed by atoms with Crippen molar-refractivity contribution in [3.8, 4) is 0 Å². The van der Waals surface area contributed by atoms with Gasteiger partial charge in [0.25, 0.3) is 11.8 Å². The number of halogens is 1. The van der Waals surface area contributed by atoms with Crippen LogP contribution in [0.5, 0.6) is 0 Å². The number of hydrogen-bond donors (Lipinski definition) is 2. The van der Waals surface area contributed by atoms with Gasteiger partial charge >= 0.3 is 0 Å². The van der Waals surface area contributed by atoms with Gasteiger partial charge in [-0.25, -0.2) is 0 Å². The van der Waals surface area contributed by atoms with Crippen LogP contribution in [0.1, 0.15) is 20.7 Å². The standard InChI is InChI=1S/C15H17ClN4O3/c1-17-15(22)12-7-11(3-4-13(12)16)19-14(21)10-8-18-20(9-10)5-6-23-2/h3-4,7-9H,5-6H2,1-2H3,(H,17,22)(H,19,21). The summed E-state index contributed by atoms with van der Waals surface area (Å²) in [5, 5.41) is 9.60. The van der Waals surface area contributed by atoms with E-state index in [1.165, 1.54) is 19.3 Å². The van der Waals surface area contributed by atoms with Crippen molar-refractivity contribution >= 4 is 29.1 Å². The van der Waals surface area contributed by atoms with Crippen molar-refractivity contribution in [3.05, 3.63) is 46.7 Å². The average Bonchev–Trinajstić information content (AvgIpc) is 3.03. The van der Waals surface area contributed by atoms with Crippen molar-refractivity contribution in [2.75, 3.05) is 26.1 Å². The average molecular weight is 337 g/mol. The molecule has 0 spiro atoms. The van der Waals surface area contributed by atoms with Gasteiger partial charge in [0.1, 0.15) is 0 Å². The molecule has 1 aromatic carbocycles. The number of nitrogens with one attached hydrogen (secondary N) is 2. The number of carbonyl (C=O) groups excluding carboxylic acids is 2. The molecule has 2 rings (SSSR count). The molecule has 2 amide bonds. The molecule has 122 valence electrons. The van der Waals surface area contributed by atoms with Gasteiger partial charge in [0, 0.05) is 26.0 Å². The highest BCUT2D eigenvalue weighted by molar-refractivity contribution is 6.34. The number of rotatable bonds is 6. The van der Waals surface area contributed by atoms with Gasteiger partial charge in [-0.2, -0.15) is 5.10 Å². The lowest BCUT2D eigenvalue weighted by Crippen LogP contribution is -2.19. The Hall–Kier alpha value is -2.38. The van der Waals surface area contributed by atoms with Crippen molar-refractivity contribution in [3.63, 3.8) is 0 Å². The highest BCUT2D eigenvalue weighted by Crippen LogP contribution is 2.21. The first-order chi connectivity index (χ1) is 11.0. The highest BCUT2D eigenvalue weighted by Gasteiger charge is 2.13. The Balaban J connectivity index is 2.11. The molecule has 0 saturated carbocycles. The monoisotopic (exact) mass is 336 g/mol. The van der Waals surface area contributed by atoms with Crippen LogP contribution < -0.4 is 10.6 Å². The van der Waals surface area contributed by atoms with Crippen LogP contribution in [0.2, 0.25) is 5.02 Å². The molecule has 1 aromatic heterocycles. The second-order valence-electron chi connectivity index (χ2n) is 4.71. The summed E-state index contributed by atoms with van der Waals surface area (Å²) in [7, 11) is 3.11. The van der Waals surface area contributed by atoms with E-state index in [1.54, 1.807) is 30.1 Å². The first-order valence-electron chi connectivity index (χ1n) is 6.89. The summed E-state index contributed by atoms with van der Waals surface area (Å²) < 4.78 is 6.58. The van der Waals surface area contributed by atoms with Crippen molar-refractivity contribution in [2.45, 2.75) is 6.54 Å². The number of benzene rings is 1. The Bertz CT molecular complexity index is 714. The van der Waals surface area contributed by atoms with E-state index >= 15 is 0 Å². The van der Waals surface area contributed by atoms with Gasteiger partial charge in [-0.3, -0.25) is 14.3 Å². The van der Waals surface area contributed by atoms with E-state index in [0.29, 0.717) is 35.0 Å². The van der Waals surface area contributed by atoms with Crippen molar-refractivity contribution < 1.29 is 14.3 Å². The van der Waals surface area contributed by atoms with E-state index in [4.69, 9.17) is 16.3 Å². The van der Waals surface area contributed by atoms with Crippen LogP contribution >= 0.6 is 11.6 Å². The summed E-state index contributed by atoms with van der Waals surface area (Å²) >= 11 is 5.98. The molecular formula is C15H17ClN4O3. The van der Waals surface area contributed by atoms with Gasteiger partial charge in [0.15, 0.2) is 0 Å². The SMILES string of the molecule is CNC(=O)c1cc(NC(=O)c2cnn(CCOC)c2)ccc1Cl. The predicted octanol–water partition coefficient (Wildman–Crippen LogP) is 1.79. The summed E-state index contributed by atoms with van der Waals surface area (Å²) in [4.78, 5) is 23.9. The van der Waals surface area contributed by atoms with Crippen LogP contribution in [0.4, 0.5) is 5.69 Å². The zero-order chi connectivity index (χ0) is 16.8. The fraction of sp³-hybridized carbons (Fsp3) is 0.267. The lowest BCUT2D eigenvalue weighted by Gasteiger charge is -2.07. The molecule has 2 N–H and O–H groups in total. The first-order valence-corrected chi connectivity index (χ1v) is 7.27. The van der Waals surface area contributed by atoms with E-state index < -0.39 is 0 Å². The summed E-state index contributed by atoms with van der Waals surface area (Å²) in [5.41, 5.74) is 1.18. The Kier molecular flexibility index (Phi) is 5.72. The summed E-state index contributed by atoms with van der Waals surface area (Å²) in [6, 6.07) is 4.71. The zero-order valence-corrected chi connectivity index (χ0v) is 13.6. The quantitative estimate of drug-likeness (QED) is 0.842. The minimum atomic E-state index is -0.321. The number of aromatic nitrogens is 2. The molecule has 0 aliphatic rings. The molecule has 0 unspecified atom stereocenters. The van der Waals surface area contributed by atoms with Crippen LogP contribution in [0.15, 0.2) is 30.6 Å². The van der Waals surface area contributed by atoms with Crippen LogP contribution in [-0.4, -0.2) is 42.4 Å². The van der Waals surface area contributed by atoms with E-state index in [9.17, 15) is 9.59 Å². The molecule has 0 radical (unpaired) electrons. The minimum Gasteiger partial charge on any atom is -0.383 e. The Morgan fingerprint density at radius 3 is 2.83 bits per heavy atom. The number of ether oxygens (including phenoxy) is 1. The lowest BCUT2D eigenvalue weighted by atomic mass is 10.2. The first kappa shape index (κ1) is 17.0. The molecule has 0 fully saturated rings. The van der Waals surface area contributed by atoms with E-state index in [-0.39, 0.29) is 11.8 Å². The minimum absolute atomic E-state index is 0.294. The highest BCUT2D eigenvalue weighted by atomic mass is 35.5. The molecule has 2 aromatic rings. The number of hydrogen-bond acceptors (Lipinski definition) is 4. The maximum Gasteiger partial charge on any atom is 0.258 e. The molecule has 0 aliphatic carbocycles. The van der Waals surface area contributed by atoms with Gasteiger partial charge in [0.05, 0.1) is 35.5 Å². The third-order valence-corrected chi connectivity index (χ3v) is 3.45. The number of amides is 2. The largest absolute Gasteiger partial charge is 0.383 e. The van der Waals surface area contributed by atoms with Gasteiger partial charge in [0.2, 0.25) is 0 Å². The predicted molar refractivity (Wildman–Crippen MR) is 86.9 cm³/mol. The smallest absolute Gasteiger partial charge is 0.258 e. The summed E-state index contributed by atoms with van der Waals surface area (Å²) in [5.74, 6) is -0.641. The number of methoxy groups -OCH3 is 1. The normalized spacial score (nSPS) is 10.4. The van der Waals surface area contributed by atoms with Crippen molar-refractivity contribution in [1.82, 2.24) is 15.1 Å². The van der Waals surface area contributed by atoms with Gasteiger partial charge in [-0.15, -0.1) is 0 Å². The van der Waals surface area contributed by atoms with E-state index in [1.807, 2.05) is 0 Å². The van der Waals surface area contributed by atoms with Crippen molar-refractivity contribution in [1.29, 1.82) is 0 Å². The topological polar surface area (TPSA) is 85.3 Å². The van der Waals surface area contributed by atoms with Crippen molar-refractivity contribution in [2.24, 2.45) is 0 Å². The fourth-order valence-corrected chi connectivity index (χ4v) is 2.11. The molecule has 23 heavy (non-hydrogen) atoms. The lowest BCUT2D eigenvalue weighted by molar-refractivity contribution is 0.0961. The van der Waals surface area contributed by atoms with Gasteiger partial charge in [-0.1, -0.05) is 11.6 Å². The second-order valence-corrected chi connectivity index (χ2v) is 5.12. The molecule has 0 bridgehead atoms. The summed E-state index contributed by atoms with van der Waals surface area (Å²) in [6.45, 7) is 1.07. The molecule has 0 atom stereocenters. The van der Waals surface area contributed by atoms with E-state index in [2.05, 4.69) is 15.7 Å². The Labute approximate surface area is 138 Å². The summed E-state index contributed by atoms with van der Waals surface area (Å²) in [6.07, 6.45) is 3.10. The Morgan fingerprint density at radius 2 is 2.13 bits per heavy atom. The third-order valence-electron chi connectivity index (χ3n) is 3.12. The number of carbonyl (C=O) groups is 2. The third kappa shape index (κ3) is 4.30.